The molecule has 0 fully saturated rings. The number of hydrogen-bond donors (Lipinski definition) is 3. The molecule has 4 aromatic carbocycles. The zero-order valence-electron chi connectivity index (χ0n) is 22.3. The van der Waals surface area contributed by atoms with Crippen LogP contribution in [-0.4, -0.2) is 16.8 Å². The number of hydrogen-bond acceptors (Lipinski definition) is 3. The third-order valence-electron chi connectivity index (χ3n) is 6.25. The van der Waals surface area contributed by atoms with E-state index in [0.717, 1.165) is 16.7 Å². The first-order valence-corrected chi connectivity index (χ1v) is 13.3. The van der Waals surface area contributed by atoms with Crippen molar-refractivity contribution in [2.75, 3.05) is 0 Å². The second-order valence-electron chi connectivity index (χ2n) is 10.3. The highest BCUT2D eigenvalue weighted by Crippen LogP contribution is 2.30. The van der Waals surface area contributed by atoms with E-state index < -0.39 is 17.7 Å². The standard InChI is InChI=1S/C32H35N3O2S/c1-22(26-21-13-19-23-14-11-12-20-27(23)26)33-30(38)34-28(24-15-7-5-8-16-24)29(25-17-9-6-10-18-25)35-31(36)37-32(2,3)4/h5-22,28-29H,1-4H3,(H,35,36)(H2,33,34,38)/t22-,28+,29+/m1/s1. The van der Waals surface area contributed by atoms with Gasteiger partial charge in [-0.3, -0.25) is 0 Å². The van der Waals surface area contributed by atoms with Gasteiger partial charge in [-0.25, -0.2) is 4.79 Å². The molecule has 0 unspecified atom stereocenters. The summed E-state index contributed by atoms with van der Waals surface area (Å²) in [6.07, 6.45) is -0.489. The molecular weight excluding hydrogens is 490 g/mol. The van der Waals surface area contributed by atoms with Gasteiger partial charge < -0.3 is 20.7 Å². The Morgan fingerprint density at radius 1 is 0.711 bits per heavy atom. The van der Waals surface area contributed by atoms with Crippen LogP contribution >= 0.6 is 12.2 Å². The molecule has 0 aliphatic rings. The van der Waals surface area contributed by atoms with Crippen LogP contribution in [0.1, 0.15) is 62.5 Å². The minimum atomic E-state index is -0.619. The van der Waals surface area contributed by atoms with Crippen molar-refractivity contribution in [3.05, 3.63) is 120 Å². The molecule has 4 rings (SSSR count). The summed E-state index contributed by atoms with van der Waals surface area (Å²) in [5, 5.41) is 12.9. The number of amides is 1. The number of ether oxygens (including phenoxy) is 1. The molecule has 1 amide bonds. The van der Waals surface area contributed by atoms with E-state index in [1.165, 1.54) is 10.8 Å². The number of carbonyl (C=O) groups is 1. The molecule has 3 N–H and O–H groups in total. The average molecular weight is 526 g/mol. The topological polar surface area (TPSA) is 62.4 Å². The second kappa shape index (κ2) is 12.1. The second-order valence-corrected chi connectivity index (χ2v) is 10.7. The van der Waals surface area contributed by atoms with Crippen molar-refractivity contribution in [1.29, 1.82) is 0 Å². The fourth-order valence-electron chi connectivity index (χ4n) is 4.56. The van der Waals surface area contributed by atoms with Gasteiger partial charge in [-0.15, -0.1) is 0 Å². The monoisotopic (exact) mass is 525 g/mol. The lowest BCUT2D eigenvalue weighted by molar-refractivity contribution is 0.0493. The predicted octanol–water partition coefficient (Wildman–Crippen LogP) is 7.37. The number of thiocarbonyl (C=S) groups is 1. The average Bonchev–Trinajstić information content (AvgIpc) is 2.90. The van der Waals surface area contributed by atoms with Crippen molar-refractivity contribution < 1.29 is 9.53 Å². The van der Waals surface area contributed by atoms with Crippen LogP contribution < -0.4 is 16.0 Å². The van der Waals surface area contributed by atoms with E-state index in [2.05, 4.69) is 53.2 Å². The van der Waals surface area contributed by atoms with Gasteiger partial charge in [-0.2, -0.15) is 0 Å². The van der Waals surface area contributed by atoms with Crippen molar-refractivity contribution >= 4 is 34.2 Å². The van der Waals surface area contributed by atoms with Crippen molar-refractivity contribution in [3.8, 4) is 0 Å². The molecular formula is C32H35N3O2S. The molecule has 38 heavy (non-hydrogen) atoms. The molecule has 0 heterocycles. The first-order chi connectivity index (χ1) is 18.2. The molecule has 196 valence electrons. The third kappa shape index (κ3) is 7.11. The van der Waals surface area contributed by atoms with Crippen LogP contribution in [0.3, 0.4) is 0 Å². The third-order valence-corrected chi connectivity index (χ3v) is 6.48. The SMILES string of the molecule is C[C@@H](NC(=S)N[C@@H](c1ccccc1)[C@@H](NC(=O)OC(C)(C)C)c1ccccc1)c1cccc2ccccc12. The Kier molecular flexibility index (Phi) is 8.64. The van der Waals surface area contributed by atoms with E-state index in [1.807, 2.05) is 93.6 Å². The Bertz CT molecular complexity index is 1360. The molecule has 0 aliphatic carbocycles. The van der Waals surface area contributed by atoms with Gasteiger partial charge in [0.1, 0.15) is 5.60 Å². The van der Waals surface area contributed by atoms with Gasteiger partial charge in [0.25, 0.3) is 0 Å². The van der Waals surface area contributed by atoms with E-state index in [1.54, 1.807) is 0 Å². The Balaban J connectivity index is 1.62. The van der Waals surface area contributed by atoms with E-state index in [0.29, 0.717) is 5.11 Å². The summed E-state index contributed by atoms with van der Waals surface area (Å²) in [6.45, 7) is 7.65. The smallest absolute Gasteiger partial charge is 0.408 e. The Hall–Kier alpha value is -3.90. The molecule has 4 aromatic rings. The molecule has 0 aromatic heterocycles. The van der Waals surface area contributed by atoms with Crippen molar-refractivity contribution in [2.45, 2.75) is 51.4 Å². The molecule has 0 bridgehead atoms. The summed E-state index contributed by atoms with van der Waals surface area (Å²) in [6, 6.07) is 33.6. The molecule has 3 atom stereocenters. The quantitative estimate of drug-likeness (QED) is 0.220. The van der Waals surface area contributed by atoms with Crippen LogP contribution in [0.15, 0.2) is 103 Å². The van der Waals surface area contributed by atoms with Gasteiger partial charge in [-0.1, -0.05) is 103 Å². The van der Waals surface area contributed by atoms with Gasteiger partial charge >= 0.3 is 6.09 Å². The molecule has 0 spiro atoms. The van der Waals surface area contributed by atoms with Crippen molar-refractivity contribution in [2.24, 2.45) is 0 Å². The maximum Gasteiger partial charge on any atom is 0.408 e. The minimum Gasteiger partial charge on any atom is -0.444 e. The fraction of sp³-hybridized carbons (Fsp3) is 0.250. The van der Waals surface area contributed by atoms with Crippen LogP contribution in [-0.2, 0) is 4.74 Å². The Morgan fingerprint density at radius 3 is 1.84 bits per heavy atom. The first-order valence-electron chi connectivity index (χ1n) is 12.9. The van der Waals surface area contributed by atoms with E-state index >= 15 is 0 Å². The van der Waals surface area contributed by atoms with Gasteiger partial charge in [-0.05, 0) is 67.4 Å². The van der Waals surface area contributed by atoms with Crippen LogP contribution in [0, 0.1) is 0 Å². The fourth-order valence-corrected chi connectivity index (χ4v) is 4.86. The van der Waals surface area contributed by atoms with Crippen LogP contribution in [0.2, 0.25) is 0 Å². The number of rotatable bonds is 7. The number of nitrogens with one attached hydrogen (secondary N) is 3. The Morgan fingerprint density at radius 2 is 1.24 bits per heavy atom. The Labute approximate surface area is 230 Å². The summed E-state index contributed by atoms with van der Waals surface area (Å²) >= 11 is 5.83. The predicted molar refractivity (Wildman–Crippen MR) is 159 cm³/mol. The number of fused-ring (bicyclic) bond motifs is 1. The van der Waals surface area contributed by atoms with Gasteiger partial charge in [0.05, 0.1) is 18.1 Å². The normalized spacial score (nSPS) is 13.7. The highest BCUT2D eigenvalue weighted by Gasteiger charge is 2.29. The summed E-state index contributed by atoms with van der Waals surface area (Å²) < 4.78 is 5.62. The van der Waals surface area contributed by atoms with Gasteiger partial charge in [0, 0.05) is 0 Å². The van der Waals surface area contributed by atoms with Crippen LogP contribution in [0.5, 0.6) is 0 Å². The van der Waals surface area contributed by atoms with Gasteiger partial charge in [0.2, 0.25) is 0 Å². The van der Waals surface area contributed by atoms with Crippen LogP contribution in [0.4, 0.5) is 4.79 Å². The maximum atomic E-state index is 12.9. The zero-order chi connectivity index (χ0) is 27.1. The van der Waals surface area contributed by atoms with Gasteiger partial charge in [0.15, 0.2) is 5.11 Å². The number of carbonyl (C=O) groups excluding carboxylic acids is 1. The highest BCUT2D eigenvalue weighted by atomic mass is 32.1. The summed E-state index contributed by atoms with van der Waals surface area (Å²) in [5.74, 6) is 0. The molecule has 5 nitrogen and oxygen atoms in total. The van der Waals surface area contributed by atoms with Crippen molar-refractivity contribution in [3.63, 3.8) is 0 Å². The summed E-state index contributed by atoms with van der Waals surface area (Å²) in [5.41, 5.74) is 2.46. The number of benzene rings is 4. The van der Waals surface area contributed by atoms with Crippen LogP contribution in [0.25, 0.3) is 10.8 Å². The summed E-state index contributed by atoms with van der Waals surface area (Å²) in [7, 11) is 0. The zero-order valence-corrected chi connectivity index (χ0v) is 23.1. The van der Waals surface area contributed by atoms with E-state index in [4.69, 9.17) is 17.0 Å². The first kappa shape index (κ1) is 27.1. The molecule has 6 heteroatoms. The largest absolute Gasteiger partial charge is 0.444 e. The lowest BCUT2D eigenvalue weighted by Gasteiger charge is -2.32. The molecule has 0 radical (unpaired) electrons. The van der Waals surface area contributed by atoms with E-state index in [9.17, 15) is 4.79 Å². The molecule has 0 saturated carbocycles. The maximum absolute atomic E-state index is 12.9. The highest BCUT2D eigenvalue weighted by molar-refractivity contribution is 7.80. The molecule has 0 saturated heterocycles. The van der Waals surface area contributed by atoms with E-state index in [-0.39, 0.29) is 12.1 Å². The number of alkyl carbamates (subject to hydrolysis) is 1. The van der Waals surface area contributed by atoms with Crippen molar-refractivity contribution in [1.82, 2.24) is 16.0 Å². The minimum absolute atomic E-state index is 0.0356. The lowest BCUT2D eigenvalue weighted by atomic mass is 9.93. The summed E-state index contributed by atoms with van der Waals surface area (Å²) in [4.78, 5) is 12.9. The lowest BCUT2D eigenvalue weighted by Crippen LogP contribution is -2.45. The molecule has 0 aliphatic heterocycles.